The fourth-order valence-electron chi connectivity index (χ4n) is 12.5. The maximum atomic E-state index is 14.8. The van der Waals surface area contributed by atoms with Gasteiger partial charge in [0, 0.05) is 94.0 Å². The summed E-state index contributed by atoms with van der Waals surface area (Å²) in [5.74, 6) is 0.357. The number of aliphatic hydroxyl groups is 1. The summed E-state index contributed by atoms with van der Waals surface area (Å²) in [5.41, 5.74) is 4.82. The number of sulfonamides is 1. The normalized spacial score (nSPS) is 22.1. The molecule has 1 amide bonds. The average molecular weight is 1090 g/mol. The Labute approximate surface area is 454 Å². The molecule has 2 aromatic carbocycles. The maximum Gasteiger partial charge on any atom is 0.312 e. The quantitative estimate of drug-likeness (QED) is 0.0493. The van der Waals surface area contributed by atoms with Crippen LogP contribution in [0.3, 0.4) is 0 Å². The molecule has 20 heteroatoms. The van der Waals surface area contributed by atoms with Crippen molar-refractivity contribution in [2.45, 2.75) is 126 Å². The number of piperazine rings is 1. The van der Waals surface area contributed by atoms with E-state index in [9.17, 15) is 32.8 Å². The van der Waals surface area contributed by atoms with Crippen LogP contribution in [-0.4, -0.2) is 112 Å². The summed E-state index contributed by atoms with van der Waals surface area (Å²) in [7, 11) is -2.97. The van der Waals surface area contributed by atoms with Crippen molar-refractivity contribution in [1.82, 2.24) is 34.5 Å². The molecule has 0 unspecified atom stereocenters. The number of ether oxygens (including phenoxy) is 2. The Kier molecular flexibility index (Phi) is 14.7. The van der Waals surface area contributed by atoms with Crippen molar-refractivity contribution in [2.75, 3.05) is 56.6 Å². The third-order valence-electron chi connectivity index (χ3n) is 17.2. The first-order valence-corrected chi connectivity index (χ1v) is 28.9. The minimum absolute atomic E-state index is 0.00621. The van der Waals surface area contributed by atoms with Crippen molar-refractivity contribution in [2.24, 2.45) is 11.3 Å². The van der Waals surface area contributed by atoms with Crippen molar-refractivity contribution in [1.29, 1.82) is 0 Å². The van der Waals surface area contributed by atoms with Gasteiger partial charge >= 0.3 is 5.69 Å². The molecule has 0 bridgehead atoms. The number of nitro groups is 1. The van der Waals surface area contributed by atoms with E-state index >= 15 is 0 Å². The highest BCUT2D eigenvalue weighted by atomic mass is 32.2. The van der Waals surface area contributed by atoms with Crippen LogP contribution >= 0.6 is 0 Å². The van der Waals surface area contributed by atoms with E-state index in [0.29, 0.717) is 55.8 Å². The lowest BCUT2D eigenvalue weighted by molar-refractivity contribution is -0.384. The van der Waals surface area contributed by atoms with Crippen LogP contribution in [0.25, 0.3) is 11.0 Å². The third kappa shape index (κ3) is 11.3. The number of hydrogen-bond acceptors (Lipinski definition) is 15. The number of aromatic amines is 1. The number of methoxy groups -OCH3 is 1. The van der Waals surface area contributed by atoms with Gasteiger partial charge in [-0.2, -0.15) is 0 Å². The van der Waals surface area contributed by atoms with Gasteiger partial charge in [0.15, 0.2) is 0 Å². The topological polar surface area (TPSA) is 221 Å². The second-order valence-electron chi connectivity index (χ2n) is 23.1. The Morgan fingerprint density at radius 3 is 2.45 bits per heavy atom. The molecular formula is C58H69FN10O8S. The molecule has 6 heterocycles. The number of nitrogens with one attached hydrogen (secondary N) is 3. The molecule has 18 nitrogen and oxygen atoms in total. The zero-order chi connectivity index (χ0) is 54.5. The van der Waals surface area contributed by atoms with Gasteiger partial charge in [-0.05, 0) is 129 Å². The van der Waals surface area contributed by atoms with Crippen LogP contribution in [0.1, 0.15) is 136 Å². The van der Waals surface area contributed by atoms with E-state index in [1.54, 1.807) is 26.2 Å². The number of halogens is 1. The van der Waals surface area contributed by atoms with Crippen molar-refractivity contribution in [3.05, 3.63) is 129 Å². The van der Waals surface area contributed by atoms with Crippen molar-refractivity contribution in [3.8, 4) is 17.2 Å². The third-order valence-corrected chi connectivity index (χ3v) is 18.5. The number of carbonyl (C=O) groups excluding carboxylic acids is 1. The van der Waals surface area contributed by atoms with Gasteiger partial charge < -0.3 is 29.8 Å². The fraction of sp³-hybridized carbons (Fsp3) is 0.483. The smallest absolute Gasteiger partial charge is 0.312 e. The molecule has 5 aliphatic rings. The Morgan fingerprint density at radius 2 is 1.72 bits per heavy atom. The Bertz CT molecular complexity index is 3320. The zero-order valence-corrected chi connectivity index (χ0v) is 45.5. The van der Waals surface area contributed by atoms with Crippen LogP contribution in [-0.2, 0) is 16.6 Å². The molecule has 1 spiro atoms. The number of hydrogen-bond donors (Lipinski definition) is 4. The lowest BCUT2D eigenvalue weighted by atomic mass is 9.59. The van der Waals surface area contributed by atoms with Crippen LogP contribution < -0.4 is 24.4 Å². The van der Waals surface area contributed by atoms with Gasteiger partial charge in [-0.1, -0.05) is 38.1 Å². The van der Waals surface area contributed by atoms with Crippen LogP contribution in [0.5, 0.6) is 17.2 Å². The van der Waals surface area contributed by atoms with E-state index in [0.717, 1.165) is 94.3 Å². The minimum atomic E-state index is -4.71. The van der Waals surface area contributed by atoms with E-state index in [1.165, 1.54) is 54.1 Å². The molecule has 11 rings (SSSR count). The van der Waals surface area contributed by atoms with Gasteiger partial charge in [-0.25, -0.2) is 27.5 Å². The Morgan fingerprint density at radius 1 is 0.949 bits per heavy atom. The minimum Gasteiger partial charge on any atom is -0.495 e. The number of rotatable bonds is 17. The molecule has 4 N–H and O–H groups in total. The summed E-state index contributed by atoms with van der Waals surface area (Å²) in [6, 6.07) is 19.1. The van der Waals surface area contributed by atoms with Gasteiger partial charge in [-0.15, -0.1) is 0 Å². The van der Waals surface area contributed by atoms with Crippen molar-refractivity contribution >= 4 is 44.2 Å². The number of carbonyl (C=O) groups is 1. The summed E-state index contributed by atoms with van der Waals surface area (Å²) < 4.78 is 56.6. The van der Waals surface area contributed by atoms with Crippen LogP contribution in [0.4, 0.5) is 21.6 Å². The van der Waals surface area contributed by atoms with E-state index in [-0.39, 0.29) is 45.6 Å². The molecule has 78 heavy (non-hydrogen) atoms. The van der Waals surface area contributed by atoms with Crippen molar-refractivity contribution in [3.63, 3.8) is 0 Å². The van der Waals surface area contributed by atoms with Crippen molar-refractivity contribution < 1.29 is 37.1 Å². The lowest BCUT2D eigenvalue weighted by Gasteiger charge is -2.58. The van der Waals surface area contributed by atoms with Crippen LogP contribution in [0, 0.1) is 27.3 Å². The first-order valence-electron chi connectivity index (χ1n) is 27.4. The molecule has 3 aliphatic carbocycles. The summed E-state index contributed by atoms with van der Waals surface area (Å²) in [5, 5.41) is 25.7. The highest BCUT2D eigenvalue weighted by molar-refractivity contribution is 7.90. The van der Waals surface area contributed by atoms with Gasteiger partial charge in [0.1, 0.15) is 33.6 Å². The van der Waals surface area contributed by atoms with E-state index in [4.69, 9.17) is 14.5 Å². The fourth-order valence-corrected chi connectivity index (χ4v) is 13.4. The number of nitrogens with zero attached hydrogens (tertiary/aromatic N) is 7. The Balaban J connectivity index is 0.782. The average Bonchev–Trinajstić information content (AvgIpc) is 4.32. The molecular weight excluding hydrogens is 1020 g/mol. The lowest BCUT2D eigenvalue weighted by Crippen LogP contribution is -2.60. The monoisotopic (exact) mass is 1080 g/mol. The van der Waals surface area contributed by atoms with E-state index < -0.39 is 42.9 Å². The summed E-state index contributed by atoms with van der Waals surface area (Å²) in [6.45, 7) is 11.8. The molecule has 412 valence electrons. The zero-order valence-electron chi connectivity index (χ0n) is 44.7. The molecule has 3 saturated carbocycles. The standard InChI is InChI=1S/C58H69FN10O8S/c1-36(2)44-7-5-6-8-45(44)50-35-66(34-38-23-52(76-4)53(60-30-38)39-9-10-39)21-22-68(50)41-27-58(28-41)17-19-67(20-18-58)40-11-12-46(51(24-40)77-42-25-47-48(59)33-64-54(47)62-31-42)56(70)65-78(74,75)43-26-49(69(72)73)55(63-32-43)61-29-37-13-15-57(3,71)16-14-37/h5-8,11-12,23-26,30-33,36-37,39,41,50,71H,9-10,13-22,27-29,34-35H2,1-4H3,(H,61,63)(H,62,64)(H,65,70)/t37?,50-,57?/m0/s1. The number of amides is 1. The molecule has 0 radical (unpaired) electrons. The summed E-state index contributed by atoms with van der Waals surface area (Å²) in [6.07, 6.45) is 14.7. The number of H-pyrrole nitrogens is 1. The number of fused-ring (bicyclic) bond motifs is 1. The molecule has 2 saturated heterocycles. The second kappa shape index (κ2) is 21.5. The first-order chi connectivity index (χ1) is 37.4. The van der Waals surface area contributed by atoms with Gasteiger partial charge in [0.2, 0.25) is 5.82 Å². The highest BCUT2D eigenvalue weighted by Crippen LogP contribution is 2.54. The molecule has 1 atom stereocenters. The van der Waals surface area contributed by atoms with Crippen LogP contribution in [0.2, 0.25) is 0 Å². The number of aromatic nitrogens is 4. The van der Waals surface area contributed by atoms with E-state index in [2.05, 4.69) is 83.9 Å². The van der Waals surface area contributed by atoms with Gasteiger partial charge in [0.05, 0.1) is 46.7 Å². The predicted molar refractivity (Wildman–Crippen MR) is 294 cm³/mol. The number of piperidine rings is 1. The molecule has 4 aromatic heterocycles. The highest BCUT2D eigenvalue weighted by Gasteiger charge is 2.50. The first kappa shape index (κ1) is 53.3. The number of anilines is 2. The van der Waals surface area contributed by atoms with Gasteiger partial charge in [-0.3, -0.25) is 29.7 Å². The number of benzene rings is 2. The maximum absolute atomic E-state index is 14.8. The molecule has 6 aromatic rings. The summed E-state index contributed by atoms with van der Waals surface area (Å²) >= 11 is 0. The van der Waals surface area contributed by atoms with Gasteiger partial charge in [0.25, 0.3) is 15.9 Å². The second-order valence-corrected chi connectivity index (χ2v) is 24.7. The Hall–Kier alpha value is -6.74. The summed E-state index contributed by atoms with van der Waals surface area (Å²) in [4.78, 5) is 48.7. The predicted octanol–water partition coefficient (Wildman–Crippen LogP) is 9.98. The van der Waals surface area contributed by atoms with Crippen LogP contribution in [0.15, 0.2) is 90.3 Å². The number of pyridine rings is 3. The largest absolute Gasteiger partial charge is 0.495 e. The molecule has 5 fully saturated rings. The van der Waals surface area contributed by atoms with E-state index in [1.807, 2.05) is 6.20 Å². The molecule has 2 aliphatic heterocycles. The SMILES string of the molecule is COc1cc(CN2CCN(C3CC4(CCN(c5ccc(C(=O)NS(=O)(=O)c6cnc(NCC7CCC(C)(O)CC7)c([N+](=O)[O-])c6)c(Oc6cnc7[nH]cc(F)c7c6)c5)CC4)C3)[C@H](c3ccccc3C(C)C)C2)cnc1C1CC1.